The maximum atomic E-state index is 11.9. The Balaban J connectivity index is 1.95. The van der Waals surface area contributed by atoms with E-state index < -0.39 is 4.92 Å². The van der Waals surface area contributed by atoms with Gasteiger partial charge < -0.3 is 9.30 Å². The van der Waals surface area contributed by atoms with Gasteiger partial charge in [-0.3, -0.25) is 14.9 Å². The van der Waals surface area contributed by atoms with Gasteiger partial charge in [0.2, 0.25) is 0 Å². The minimum absolute atomic E-state index is 0.0726. The van der Waals surface area contributed by atoms with Gasteiger partial charge in [-0.05, 0) is 32.4 Å². The summed E-state index contributed by atoms with van der Waals surface area (Å²) < 4.78 is 6.95. The summed E-state index contributed by atoms with van der Waals surface area (Å²) >= 11 is 0. The molecule has 1 heterocycles. The van der Waals surface area contributed by atoms with Crippen molar-refractivity contribution in [1.82, 2.24) is 4.57 Å². The summed E-state index contributed by atoms with van der Waals surface area (Å²) in [5.41, 5.74) is 1.25. The molecule has 116 valence electrons. The van der Waals surface area contributed by atoms with E-state index in [9.17, 15) is 14.9 Å². The van der Waals surface area contributed by atoms with E-state index in [0.29, 0.717) is 25.1 Å². The Morgan fingerprint density at radius 3 is 2.55 bits per heavy atom. The highest BCUT2D eigenvalue weighted by molar-refractivity contribution is 5.30. The molecule has 1 aromatic heterocycles. The molecule has 0 saturated carbocycles. The van der Waals surface area contributed by atoms with Crippen molar-refractivity contribution in [3.8, 4) is 5.75 Å². The van der Waals surface area contributed by atoms with Gasteiger partial charge in [-0.2, -0.15) is 0 Å². The number of nitrogens with zero attached hydrogens (tertiary/aromatic N) is 2. The Labute approximate surface area is 128 Å². The van der Waals surface area contributed by atoms with Crippen molar-refractivity contribution in [1.29, 1.82) is 0 Å². The zero-order chi connectivity index (χ0) is 16.1. The van der Waals surface area contributed by atoms with Crippen LogP contribution in [0.5, 0.6) is 5.75 Å². The molecule has 6 nitrogen and oxygen atoms in total. The van der Waals surface area contributed by atoms with E-state index in [2.05, 4.69) is 0 Å². The van der Waals surface area contributed by atoms with Crippen molar-refractivity contribution in [2.75, 3.05) is 6.61 Å². The van der Waals surface area contributed by atoms with Gasteiger partial charge in [0.1, 0.15) is 5.75 Å². The van der Waals surface area contributed by atoms with E-state index in [1.807, 2.05) is 31.2 Å². The lowest BCUT2D eigenvalue weighted by molar-refractivity contribution is -0.385. The van der Waals surface area contributed by atoms with Crippen LogP contribution in [-0.2, 0) is 6.54 Å². The topological polar surface area (TPSA) is 74.4 Å². The molecule has 0 radical (unpaired) electrons. The van der Waals surface area contributed by atoms with Crippen LogP contribution in [0.3, 0.4) is 0 Å². The number of rotatable bonds is 6. The number of nitro groups is 1. The van der Waals surface area contributed by atoms with Crippen molar-refractivity contribution in [2.24, 2.45) is 0 Å². The van der Waals surface area contributed by atoms with Crippen LogP contribution in [0.25, 0.3) is 0 Å². The molecule has 6 heteroatoms. The van der Waals surface area contributed by atoms with E-state index in [-0.39, 0.29) is 11.2 Å². The predicted molar refractivity (Wildman–Crippen MR) is 83.4 cm³/mol. The minimum Gasteiger partial charge on any atom is -0.494 e. The molecule has 0 fully saturated rings. The van der Waals surface area contributed by atoms with Crippen molar-refractivity contribution in [3.63, 3.8) is 0 Å². The second-order valence-electron chi connectivity index (χ2n) is 5.15. The van der Waals surface area contributed by atoms with Gasteiger partial charge in [0.15, 0.2) is 0 Å². The van der Waals surface area contributed by atoms with Crippen molar-refractivity contribution >= 4 is 5.69 Å². The highest BCUT2D eigenvalue weighted by Gasteiger charge is 2.11. The first-order valence-electron chi connectivity index (χ1n) is 7.02. The third kappa shape index (κ3) is 3.94. The molecular weight excluding hydrogens is 284 g/mol. The summed E-state index contributed by atoms with van der Waals surface area (Å²) in [6.07, 6.45) is 1.87. The average molecular weight is 302 g/mol. The SMILES string of the molecule is Cc1ccc(OCCCn2cc([N+](=O)[O-])cc(C)c2=O)cc1. The van der Waals surface area contributed by atoms with Gasteiger partial charge in [0.25, 0.3) is 11.2 Å². The molecule has 1 aromatic carbocycles. The molecule has 2 aromatic rings. The molecule has 2 rings (SSSR count). The van der Waals surface area contributed by atoms with Crippen LogP contribution < -0.4 is 10.3 Å². The second-order valence-corrected chi connectivity index (χ2v) is 5.15. The summed E-state index contributed by atoms with van der Waals surface area (Å²) in [6.45, 7) is 4.40. The Bertz CT molecular complexity index is 720. The van der Waals surface area contributed by atoms with Gasteiger partial charge in [0.05, 0.1) is 17.7 Å². The number of aryl methyl sites for hydroxylation is 3. The summed E-state index contributed by atoms with van der Waals surface area (Å²) in [5, 5.41) is 10.8. The van der Waals surface area contributed by atoms with Gasteiger partial charge in [-0.25, -0.2) is 0 Å². The molecular formula is C16H18N2O4. The predicted octanol–water partition coefficient (Wildman–Crippen LogP) is 2.84. The van der Waals surface area contributed by atoms with E-state index in [4.69, 9.17) is 4.74 Å². The Kier molecular flexibility index (Phi) is 4.93. The summed E-state index contributed by atoms with van der Waals surface area (Å²) in [4.78, 5) is 22.3. The molecule has 0 N–H and O–H groups in total. The zero-order valence-electron chi connectivity index (χ0n) is 12.6. The largest absolute Gasteiger partial charge is 0.494 e. The zero-order valence-corrected chi connectivity index (χ0v) is 12.6. The van der Waals surface area contributed by atoms with Crippen LogP contribution in [0, 0.1) is 24.0 Å². The minimum atomic E-state index is -0.494. The number of pyridine rings is 1. The Morgan fingerprint density at radius 2 is 1.91 bits per heavy atom. The monoisotopic (exact) mass is 302 g/mol. The first-order valence-corrected chi connectivity index (χ1v) is 7.02. The number of hydrogen-bond donors (Lipinski definition) is 0. The maximum Gasteiger partial charge on any atom is 0.286 e. The van der Waals surface area contributed by atoms with Crippen LogP contribution >= 0.6 is 0 Å². The third-order valence-electron chi connectivity index (χ3n) is 3.29. The molecule has 0 bridgehead atoms. The number of aromatic nitrogens is 1. The van der Waals surface area contributed by atoms with Crippen LogP contribution in [-0.4, -0.2) is 16.1 Å². The lowest BCUT2D eigenvalue weighted by Crippen LogP contribution is -2.23. The molecule has 0 aliphatic rings. The summed E-state index contributed by atoms with van der Waals surface area (Å²) in [5.74, 6) is 0.771. The van der Waals surface area contributed by atoms with E-state index in [1.165, 1.54) is 16.8 Å². The molecule has 0 saturated heterocycles. The molecule has 0 amide bonds. The van der Waals surface area contributed by atoms with Gasteiger partial charge in [-0.1, -0.05) is 17.7 Å². The first kappa shape index (κ1) is 15.8. The van der Waals surface area contributed by atoms with Gasteiger partial charge in [-0.15, -0.1) is 0 Å². The second kappa shape index (κ2) is 6.89. The Morgan fingerprint density at radius 1 is 1.23 bits per heavy atom. The van der Waals surface area contributed by atoms with Crippen LogP contribution in [0.1, 0.15) is 17.5 Å². The van der Waals surface area contributed by atoms with Crippen molar-refractivity contribution in [3.05, 3.63) is 68.1 Å². The van der Waals surface area contributed by atoms with Gasteiger partial charge >= 0.3 is 0 Å². The highest BCUT2D eigenvalue weighted by Crippen LogP contribution is 2.12. The molecule has 0 aliphatic heterocycles. The third-order valence-corrected chi connectivity index (χ3v) is 3.29. The van der Waals surface area contributed by atoms with Gasteiger partial charge in [0, 0.05) is 18.2 Å². The number of ether oxygens (including phenoxy) is 1. The maximum absolute atomic E-state index is 11.9. The molecule has 22 heavy (non-hydrogen) atoms. The molecule has 0 aliphatic carbocycles. The van der Waals surface area contributed by atoms with E-state index in [1.54, 1.807) is 6.92 Å². The fourth-order valence-electron chi connectivity index (χ4n) is 2.09. The van der Waals surface area contributed by atoms with Crippen LogP contribution in [0.15, 0.2) is 41.3 Å². The lowest BCUT2D eigenvalue weighted by atomic mass is 10.2. The Hall–Kier alpha value is -2.63. The standard InChI is InChI=1S/C16H18N2O4/c1-12-4-6-15(7-5-12)22-9-3-8-17-11-14(18(20)21)10-13(2)16(17)19/h4-7,10-11H,3,8-9H2,1-2H3. The molecule has 0 atom stereocenters. The molecule has 0 spiro atoms. The van der Waals surface area contributed by atoms with Crippen LogP contribution in [0.2, 0.25) is 0 Å². The smallest absolute Gasteiger partial charge is 0.286 e. The normalized spacial score (nSPS) is 10.5. The first-order chi connectivity index (χ1) is 10.5. The quantitative estimate of drug-likeness (QED) is 0.467. The van der Waals surface area contributed by atoms with Crippen molar-refractivity contribution < 1.29 is 9.66 Å². The summed E-state index contributed by atoms with van der Waals surface area (Å²) in [6, 6.07) is 8.99. The molecule has 0 unspecified atom stereocenters. The number of benzene rings is 1. The van der Waals surface area contributed by atoms with E-state index in [0.717, 1.165) is 11.3 Å². The van der Waals surface area contributed by atoms with E-state index >= 15 is 0 Å². The highest BCUT2D eigenvalue weighted by atomic mass is 16.6. The lowest BCUT2D eigenvalue weighted by Gasteiger charge is -2.09. The fraction of sp³-hybridized carbons (Fsp3) is 0.312. The number of hydrogen-bond acceptors (Lipinski definition) is 4. The fourth-order valence-corrected chi connectivity index (χ4v) is 2.09. The summed E-state index contributed by atoms with van der Waals surface area (Å²) in [7, 11) is 0. The average Bonchev–Trinajstić information content (AvgIpc) is 2.49. The van der Waals surface area contributed by atoms with Crippen molar-refractivity contribution in [2.45, 2.75) is 26.8 Å². The van der Waals surface area contributed by atoms with Crippen LogP contribution in [0.4, 0.5) is 5.69 Å².